The molecule has 21 heavy (non-hydrogen) atoms. The Labute approximate surface area is 130 Å². The van der Waals surface area contributed by atoms with Crippen molar-refractivity contribution in [2.24, 2.45) is 0 Å². The first-order valence-corrected chi connectivity index (χ1v) is 8.60. The lowest BCUT2D eigenvalue weighted by Gasteiger charge is -2.38. The van der Waals surface area contributed by atoms with Gasteiger partial charge in [-0.1, -0.05) is 19.1 Å². The maximum atomic E-state index is 12.2. The fourth-order valence-electron chi connectivity index (χ4n) is 2.49. The summed E-state index contributed by atoms with van der Waals surface area (Å²) in [5, 5.41) is 13.4. The Hall–Kier alpha value is -1.20. The Balaban J connectivity index is 1.85. The summed E-state index contributed by atoms with van der Waals surface area (Å²) in [7, 11) is 0. The number of benzene rings is 1. The van der Waals surface area contributed by atoms with E-state index in [-0.39, 0.29) is 6.03 Å². The third-order valence-electron chi connectivity index (χ3n) is 3.83. The number of likely N-dealkylation sites (tertiary alicyclic amines) is 1. The van der Waals surface area contributed by atoms with Crippen molar-refractivity contribution in [1.29, 1.82) is 0 Å². The van der Waals surface area contributed by atoms with Crippen molar-refractivity contribution < 1.29 is 9.90 Å². The summed E-state index contributed by atoms with van der Waals surface area (Å²) in [4.78, 5) is 14.0. The Morgan fingerprint density at radius 2 is 2.14 bits per heavy atom. The number of anilines is 1. The molecular weight excluding hydrogens is 284 g/mol. The molecule has 4 nitrogen and oxygen atoms in total. The predicted octanol–water partition coefficient (Wildman–Crippen LogP) is 3.11. The molecule has 0 aromatic heterocycles. The minimum Gasteiger partial charge on any atom is -0.389 e. The first-order chi connectivity index (χ1) is 10.0. The molecule has 2 N–H and O–H groups in total. The summed E-state index contributed by atoms with van der Waals surface area (Å²) in [6.45, 7) is 5.32. The highest BCUT2D eigenvalue weighted by atomic mass is 32.2. The SMILES string of the molecule is CCSCC1(O)CCN(C(=O)Nc2cccc(C)c2)CC1. The van der Waals surface area contributed by atoms with Gasteiger partial charge in [-0.2, -0.15) is 11.8 Å². The molecule has 116 valence electrons. The van der Waals surface area contributed by atoms with Gasteiger partial charge in [-0.15, -0.1) is 0 Å². The molecule has 1 aliphatic rings. The highest BCUT2D eigenvalue weighted by Gasteiger charge is 2.33. The van der Waals surface area contributed by atoms with Crippen molar-refractivity contribution in [1.82, 2.24) is 4.90 Å². The van der Waals surface area contributed by atoms with Crippen LogP contribution in [0.1, 0.15) is 25.3 Å². The van der Waals surface area contributed by atoms with Gasteiger partial charge in [0.05, 0.1) is 5.60 Å². The smallest absolute Gasteiger partial charge is 0.321 e. The predicted molar refractivity (Wildman–Crippen MR) is 89.0 cm³/mol. The number of hydrogen-bond donors (Lipinski definition) is 2. The van der Waals surface area contributed by atoms with Gasteiger partial charge < -0.3 is 15.3 Å². The van der Waals surface area contributed by atoms with E-state index in [1.807, 2.05) is 31.2 Å². The number of nitrogens with one attached hydrogen (secondary N) is 1. The second-order valence-corrected chi connectivity index (χ2v) is 6.92. The number of thioether (sulfide) groups is 1. The number of piperidine rings is 1. The highest BCUT2D eigenvalue weighted by Crippen LogP contribution is 2.26. The van der Waals surface area contributed by atoms with E-state index in [2.05, 4.69) is 12.2 Å². The molecule has 0 unspecified atom stereocenters. The number of urea groups is 1. The molecule has 0 spiro atoms. The zero-order valence-corrected chi connectivity index (χ0v) is 13.6. The first-order valence-electron chi connectivity index (χ1n) is 7.45. The molecule has 0 aliphatic carbocycles. The number of carbonyl (C=O) groups excluding carboxylic acids is 1. The molecule has 2 rings (SSSR count). The lowest BCUT2D eigenvalue weighted by molar-refractivity contribution is 0.00999. The average Bonchev–Trinajstić information content (AvgIpc) is 2.46. The van der Waals surface area contributed by atoms with Crippen LogP contribution in [0, 0.1) is 6.92 Å². The zero-order chi connectivity index (χ0) is 15.3. The van der Waals surface area contributed by atoms with Gasteiger partial charge in [0, 0.05) is 24.5 Å². The van der Waals surface area contributed by atoms with Gasteiger partial charge in [0.15, 0.2) is 0 Å². The van der Waals surface area contributed by atoms with Crippen molar-refractivity contribution in [3.8, 4) is 0 Å². The molecule has 0 saturated carbocycles. The quantitative estimate of drug-likeness (QED) is 0.898. The second kappa shape index (κ2) is 7.18. The molecule has 0 bridgehead atoms. The molecule has 1 fully saturated rings. The van der Waals surface area contributed by atoms with E-state index in [0.717, 1.165) is 22.8 Å². The van der Waals surface area contributed by atoms with E-state index in [0.29, 0.717) is 25.9 Å². The monoisotopic (exact) mass is 308 g/mol. The van der Waals surface area contributed by atoms with Gasteiger partial charge in [0.1, 0.15) is 0 Å². The molecule has 0 radical (unpaired) electrons. The van der Waals surface area contributed by atoms with Crippen LogP contribution in [0.15, 0.2) is 24.3 Å². The normalized spacial score (nSPS) is 17.6. The maximum Gasteiger partial charge on any atom is 0.321 e. The highest BCUT2D eigenvalue weighted by molar-refractivity contribution is 7.99. The number of carbonyl (C=O) groups is 1. The lowest BCUT2D eigenvalue weighted by atomic mass is 9.94. The number of aliphatic hydroxyl groups is 1. The largest absolute Gasteiger partial charge is 0.389 e. The van der Waals surface area contributed by atoms with E-state index in [9.17, 15) is 9.90 Å². The summed E-state index contributed by atoms with van der Waals surface area (Å²) < 4.78 is 0. The molecule has 0 atom stereocenters. The molecule has 1 aliphatic heterocycles. The maximum absolute atomic E-state index is 12.2. The molecule has 1 aromatic carbocycles. The molecule has 1 heterocycles. The van der Waals surface area contributed by atoms with Crippen LogP contribution in [0.25, 0.3) is 0 Å². The average molecular weight is 308 g/mol. The van der Waals surface area contributed by atoms with Crippen molar-refractivity contribution >= 4 is 23.5 Å². The minimum atomic E-state index is -0.610. The van der Waals surface area contributed by atoms with Crippen molar-refractivity contribution in [2.75, 3.05) is 29.9 Å². The number of amides is 2. The summed E-state index contributed by atoms with van der Waals surface area (Å²) >= 11 is 1.76. The topological polar surface area (TPSA) is 52.6 Å². The van der Waals surface area contributed by atoms with E-state index < -0.39 is 5.60 Å². The Morgan fingerprint density at radius 3 is 2.76 bits per heavy atom. The van der Waals surface area contributed by atoms with E-state index in [1.54, 1.807) is 16.7 Å². The molecule has 1 saturated heterocycles. The number of nitrogens with zero attached hydrogens (tertiary/aromatic N) is 1. The van der Waals surface area contributed by atoms with Crippen LogP contribution in [-0.2, 0) is 0 Å². The Kier molecular flexibility index (Phi) is 5.53. The van der Waals surface area contributed by atoms with Gasteiger partial charge in [-0.3, -0.25) is 0 Å². The third kappa shape index (κ3) is 4.64. The number of hydrogen-bond acceptors (Lipinski definition) is 3. The second-order valence-electron chi connectivity index (χ2n) is 5.65. The van der Waals surface area contributed by atoms with Crippen LogP contribution < -0.4 is 5.32 Å². The Morgan fingerprint density at radius 1 is 1.43 bits per heavy atom. The van der Waals surface area contributed by atoms with Crippen LogP contribution in [0.2, 0.25) is 0 Å². The van der Waals surface area contributed by atoms with Crippen molar-refractivity contribution in [3.05, 3.63) is 29.8 Å². The number of aryl methyl sites for hydroxylation is 1. The third-order valence-corrected chi connectivity index (χ3v) is 4.98. The molecular formula is C16H24N2O2S. The van der Waals surface area contributed by atoms with Crippen molar-refractivity contribution in [2.45, 2.75) is 32.3 Å². The first kappa shape index (κ1) is 16.2. The van der Waals surface area contributed by atoms with Crippen molar-refractivity contribution in [3.63, 3.8) is 0 Å². The van der Waals surface area contributed by atoms with Crippen LogP contribution in [-0.4, -0.2) is 46.2 Å². The van der Waals surface area contributed by atoms with Gasteiger partial charge in [-0.25, -0.2) is 4.79 Å². The van der Waals surface area contributed by atoms with E-state index in [4.69, 9.17) is 0 Å². The zero-order valence-electron chi connectivity index (χ0n) is 12.8. The fourth-order valence-corrected chi connectivity index (χ4v) is 3.36. The molecule has 1 aromatic rings. The van der Waals surface area contributed by atoms with E-state index in [1.165, 1.54) is 0 Å². The standard InChI is InChI=1S/C16H24N2O2S/c1-3-21-12-16(20)7-9-18(10-8-16)15(19)17-14-6-4-5-13(2)11-14/h4-6,11,20H,3,7-10,12H2,1-2H3,(H,17,19). The molecule has 5 heteroatoms. The van der Waals surface area contributed by atoms with Gasteiger partial charge in [0.2, 0.25) is 0 Å². The summed E-state index contributed by atoms with van der Waals surface area (Å²) in [6, 6.07) is 7.70. The van der Waals surface area contributed by atoms with E-state index >= 15 is 0 Å². The van der Waals surface area contributed by atoms with Crippen LogP contribution in [0.4, 0.5) is 10.5 Å². The van der Waals surface area contributed by atoms with Crippen LogP contribution in [0.5, 0.6) is 0 Å². The van der Waals surface area contributed by atoms with Crippen LogP contribution in [0.3, 0.4) is 0 Å². The van der Waals surface area contributed by atoms with Gasteiger partial charge >= 0.3 is 6.03 Å². The lowest BCUT2D eigenvalue weighted by Crippen LogP contribution is -2.49. The summed E-state index contributed by atoms with van der Waals surface area (Å²) in [5.74, 6) is 1.77. The van der Waals surface area contributed by atoms with Gasteiger partial charge in [-0.05, 0) is 43.2 Å². The summed E-state index contributed by atoms with van der Waals surface area (Å²) in [5.41, 5.74) is 1.33. The number of rotatable bonds is 4. The van der Waals surface area contributed by atoms with Gasteiger partial charge in [0.25, 0.3) is 0 Å². The Bertz CT molecular complexity index is 485. The fraction of sp³-hybridized carbons (Fsp3) is 0.562. The minimum absolute atomic E-state index is 0.0780. The molecule has 2 amide bonds. The van der Waals surface area contributed by atoms with Crippen LogP contribution >= 0.6 is 11.8 Å². The summed E-state index contributed by atoms with van der Waals surface area (Å²) in [6.07, 6.45) is 1.31.